The summed E-state index contributed by atoms with van der Waals surface area (Å²) in [5.41, 5.74) is 3.61. The van der Waals surface area contributed by atoms with Crippen LogP contribution >= 0.6 is 0 Å². The summed E-state index contributed by atoms with van der Waals surface area (Å²) in [5.74, 6) is 0.837. The fourth-order valence-corrected chi connectivity index (χ4v) is 2.15. The Morgan fingerprint density at radius 2 is 2.12 bits per heavy atom. The quantitative estimate of drug-likeness (QED) is 0.841. The first-order valence-corrected chi connectivity index (χ1v) is 5.92. The highest BCUT2D eigenvalue weighted by molar-refractivity contribution is 5.29. The fraction of sp³-hybridized carbons (Fsp3) is 0.667. The zero-order valence-electron chi connectivity index (χ0n) is 10.2. The number of methoxy groups -OCH3 is 1. The van der Waals surface area contributed by atoms with E-state index in [1.807, 2.05) is 0 Å². The standard InChI is InChI=1S/C12H19N3O/c1-4-9-8-6-13-7-10(8)15-12(14-9)11(5-2)16-3/h11,13H,4-7H2,1-3H3. The third kappa shape index (κ3) is 1.95. The first-order chi connectivity index (χ1) is 7.80. The molecule has 1 aromatic rings. The lowest BCUT2D eigenvalue weighted by molar-refractivity contribution is 0.0922. The third-order valence-corrected chi connectivity index (χ3v) is 3.07. The Kier molecular flexibility index (Phi) is 3.51. The summed E-state index contributed by atoms with van der Waals surface area (Å²) in [6, 6.07) is 0. The average Bonchev–Trinajstić information content (AvgIpc) is 2.77. The monoisotopic (exact) mass is 221 g/mol. The van der Waals surface area contributed by atoms with Crippen LogP contribution in [0.2, 0.25) is 0 Å². The molecule has 1 N–H and O–H groups in total. The van der Waals surface area contributed by atoms with Crippen molar-refractivity contribution < 1.29 is 4.74 Å². The number of rotatable bonds is 4. The highest BCUT2D eigenvalue weighted by Crippen LogP contribution is 2.22. The lowest BCUT2D eigenvalue weighted by Crippen LogP contribution is -2.11. The predicted octanol–water partition coefficient (Wildman–Crippen LogP) is 1.74. The molecule has 0 radical (unpaired) electrons. The van der Waals surface area contributed by atoms with Crippen molar-refractivity contribution in [3.63, 3.8) is 0 Å². The summed E-state index contributed by atoms with van der Waals surface area (Å²) in [6.07, 6.45) is 1.89. The molecule has 2 heterocycles. The van der Waals surface area contributed by atoms with Gasteiger partial charge in [-0.25, -0.2) is 9.97 Å². The lowest BCUT2D eigenvalue weighted by atomic mass is 10.1. The third-order valence-electron chi connectivity index (χ3n) is 3.07. The van der Waals surface area contributed by atoms with Crippen molar-refractivity contribution in [2.75, 3.05) is 7.11 Å². The molecule has 4 heteroatoms. The SMILES string of the molecule is CCc1nc(C(CC)OC)nc2c1CNC2. The molecule has 1 unspecified atom stereocenters. The van der Waals surface area contributed by atoms with E-state index in [1.165, 1.54) is 11.3 Å². The number of fused-ring (bicyclic) bond motifs is 1. The van der Waals surface area contributed by atoms with Gasteiger partial charge in [0, 0.05) is 31.5 Å². The highest BCUT2D eigenvalue weighted by atomic mass is 16.5. The Morgan fingerprint density at radius 1 is 1.31 bits per heavy atom. The second kappa shape index (κ2) is 4.89. The van der Waals surface area contributed by atoms with E-state index in [1.54, 1.807) is 7.11 Å². The Hall–Kier alpha value is -1.00. The number of ether oxygens (including phenoxy) is 1. The van der Waals surface area contributed by atoms with Crippen LogP contribution in [0.4, 0.5) is 0 Å². The Bertz CT molecular complexity index is 375. The van der Waals surface area contributed by atoms with Gasteiger partial charge in [-0.3, -0.25) is 0 Å². The number of aryl methyl sites for hydroxylation is 1. The van der Waals surface area contributed by atoms with Gasteiger partial charge in [-0.05, 0) is 12.8 Å². The van der Waals surface area contributed by atoms with Crippen LogP contribution in [0.5, 0.6) is 0 Å². The van der Waals surface area contributed by atoms with E-state index in [0.717, 1.165) is 37.4 Å². The summed E-state index contributed by atoms with van der Waals surface area (Å²) < 4.78 is 5.40. The topological polar surface area (TPSA) is 47.0 Å². The molecule has 1 aliphatic rings. The summed E-state index contributed by atoms with van der Waals surface area (Å²) in [6.45, 7) is 5.99. The number of aromatic nitrogens is 2. The first kappa shape index (κ1) is 11.5. The van der Waals surface area contributed by atoms with E-state index in [9.17, 15) is 0 Å². The summed E-state index contributed by atoms with van der Waals surface area (Å²) in [5, 5.41) is 3.32. The fourth-order valence-electron chi connectivity index (χ4n) is 2.15. The molecule has 16 heavy (non-hydrogen) atoms. The zero-order valence-corrected chi connectivity index (χ0v) is 10.2. The molecule has 88 valence electrons. The van der Waals surface area contributed by atoms with Gasteiger partial charge < -0.3 is 10.1 Å². The van der Waals surface area contributed by atoms with Crippen molar-refractivity contribution in [2.24, 2.45) is 0 Å². The van der Waals surface area contributed by atoms with E-state index in [2.05, 4.69) is 29.1 Å². The van der Waals surface area contributed by atoms with E-state index < -0.39 is 0 Å². The van der Waals surface area contributed by atoms with Crippen LogP contribution < -0.4 is 5.32 Å². The van der Waals surface area contributed by atoms with Crippen LogP contribution in [0.25, 0.3) is 0 Å². The predicted molar refractivity (Wildman–Crippen MR) is 62.0 cm³/mol. The van der Waals surface area contributed by atoms with Crippen LogP contribution in [-0.2, 0) is 24.2 Å². The molecule has 0 aromatic carbocycles. The Morgan fingerprint density at radius 3 is 2.75 bits per heavy atom. The smallest absolute Gasteiger partial charge is 0.157 e. The maximum Gasteiger partial charge on any atom is 0.157 e. The maximum atomic E-state index is 5.40. The molecule has 0 aliphatic carbocycles. The molecule has 0 saturated carbocycles. The molecular formula is C12H19N3O. The molecular weight excluding hydrogens is 202 g/mol. The van der Waals surface area contributed by atoms with Gasteiger partial charge in [0.1, 0.15) is 6.10 Å². The highest BCUT2D eigenvalue weighted by Gasteiger charge is 2.20. The van der Waals surface area contributed by atoms with Crippen LogP contribution in [-0.4, -0.2) is 17.1 Å². The Labute approximate surface area is 96.4 Å². The normalized spacial score (nSPS) is 16.2. The maximum absolute atomic E-state index is 5.40. The van der Waals surface area contributed by atoms with Gasteiger partial charge in [0.25, 0.3) is 0 Å². The van der Waals surface area contributed by atoms with Crippen molar-refractivity contribution in [3.05, 3.63) is 22.8 Å². The largest absolute Gasteiger partial charge is 0.373 e. The van der Waals surface area contributed by atoms with E-state index >= 15 is 0 Å². The van der Waals surface area contributed by atoms with Gasteiger partial charge in [0.15, 0.2) is 5.82 Å². The molecule has 0 spiro atoms. The van der Waals surface area contributed by atoms with Crippen molar-refractivity contribution in [1.29, 1.82) is 0 Å². The molecule has 0 saturated heterocycles. The van der Waals surface area contributed by atoms with Crippen molar-refractivity contribution in [1.82, 2.24) is 15.3 Å². The molecule has 1 atom stereocenters. The zero-order chi connectivity index (χ0) is 11.5. The minimum absolute atomic E-state index is 0.0243. The molecule has 2 rings (SSSR count). The number of hydrogen-bond acceptors (Lipinski definition) is 4. The summed E-state index contributed by atoms with van der Waals surface area (Å²) in [7, 11) is 1.72. The minimum atomic E-state index is 0.0243. The number of hydrogen-bond donors (Lipinski definition) is 1. The minimum Gasteiger partial charge on any atom is -0.373 e. The summed E-state index contributed by atoms with van der Waals surface area (Å²) >= 11 is 0. The van der Waals surface area contributed by atoms with Gasteiger partial charge in [0.05, 0.1) is 5.69 Å². The molecule has 0 amide bonds. The molecule has 0 fully saturated rings. The van der Waals surface area contributed by atoms with Gasteiger partial charge in [-0.2, -0.15) is 0 Å². The van der Waals surface area contributed by atoms with Gasteiger partial charge >= 0.3 is 0 Å². The van der Waals surface area contributed by atoms with Crippen LogP contribution in [0.3, 0.4) is 0 Å². The van der Waals surface area contributed by atoms with Crippen molar-refractivity contribution in [2.45, 2.75) is 45.9 Å². The Balaban J connectivity index is 2.41. The second-order valence-electron chi connectivity index (χ2n) is 4.04. The van der Waals surface area contributed by atoms with Crippen LogP contribution in [0, 0.1) is 0 Å². The van der Waals surface area contributed by atoms with E-state index in [-0.39, 0.29) is 6.10 Å². The van der Waals surface area contributed by atoms with E-state index in [0.29, 0.717) is 0 Å². The van der Waals surface area contributed by atoms with Crippen LogP contribution in [0.15, 0.2) is 0 Å². The van der Waals surface area contributed by atoms with Crippen molar-refractivity contribution in [3.8, 4) is 0 Å². The van der Waals surface area contributed by atoms with Crippen LogP contribution in [0.1, 0.15) is 49.1 Å². The molecule has 4 nitrogen and oxygen atoms in total. The molecule has 1 aromatic heterocycles. The van der Waals surface area contributed by atoms with Crippen molar-refractivity contribution >= 4 is 0 Å². The van der Waals surface area contributed by atoms with Gasteiger partial charge in [-0.15, -0.1) is 0 Å². The molecule has 0 bridgehead atoms. The molecule has 1 aliphatic heterocycles. The van der Waals surface area contributed by atoms with Gasteiger partial charge in [-0.1, -0.05) is 13.8 Å². The second-order valence-corrected chi connectivity index (χ2v) is 4.04. The number of nitrogens with one attached hydrogen (secondary N) is 1. The van der Waals surface area contributed by atoms with E-state index in [4.69, 9.17) is 4.74 Å². The lowest BCUT2D eigenvalue weighted by Gasteiger charge is -2.14. The average molecular weight is 221 g/mol. The van der Waals surface area contributed by atoms with Gasteiger partial charge in [0.2, 0.25) is 0 Å². The first-order valence-electron chi connectivity index (χ1n) is 5.92. The number of nitrogens with zero attached hydrogens (tertiary/aromatic N) is 2. The summed E-state index contributed by atoms with van der Waals surface area (Å²) in [4.78, 5) is 9.23.